The van der Waals surface area contributed by atoms with E-state index in [0.29, 0.717) is 5.88 Å². The van der Waals surface area contributed by atoms with Gasteiger partial charge in [0.25, 0.3) is 0 Å². The first kappa shape index (κ1) is 7.49. The number of fused-ring (bicyclic) bond motifs is 1. The predicted molar refractivity (Wildman–Crippen MR) is 50.7 cm³/mol. The predicted octanol–water partition coefficient (Wildman–Crippen LogP) is 1.74. The van der Waals surface area contributed by atoms with Gasteiger partial charge in [-0.15, -0.1) is 0 Å². The molecule has 0 aliphatic heterocycles. The average molecular weight is 180 g/mol. The van der Waals surface area contributed by atoms with Crippen molar-refractivity contribution in [2.45, 2.75) is 0 Å². The van der Waals surface area contributed by atoms with Gasteiger partial charge in [-0.05, 0) is 12.1 Å². The van der Waals surface area contributed by atoms with Crippen molar-refractivity contribution in [1.82, 2.24) is 8.96 Å². The average Bonchev–Trinajstić information content (AvgIpc) is 2.47. The Balaban J connectivity index is 2.69. The fourth-order valence-corrected chi connectivity index (χ4v) is 1.34. The number of ether oxygens (including phenoxy) is 1. The van der Waals surface area contributed by atoms with Crippen LogP contribution in [-0.4, -0.2) is 16.1 Å². The quantitative estimate of drug-likeness (QED) is 0.677. The second-order valence-corrected chi connectivity index (χ2v) is 2.85. The van der Waals surface area contributed by atoms with Gasteiger partial charge in [-0.2, -0.15) is 0 Å². The van der Waals surface area contributed by atoms with E-state index in [1.54, 1.807) is 11.1 Å². The number of nitrogens with zero attached hydrogens (tertiary/aromatic N) is 2. The molecule has 0 bridgehead atoms. The Morgan fingerprint density at radius 2 is 2.25 bits per heavy atom. The van der Waals surface area contributed by atoms with E-state index in [4.69, 9.17) is 4.74 Å². The molecule has 12 heavy (non-hydrogen) atoms. The van der Waals surface area contributed by atoms with Gasteiger partial charge in [0.05, 0.1) is 18.1 Å². The van der Waals surface area contributed by atoms with Gasteiger partial charge in [0, 0.05) is 12.3 Å². The number of aromatic nitrogens is 2. The van der Waals surface area contributed by atoms with Crippen molar-refractivity contribution >= 4 is 23.8 Å². The summed E-state index contributed by atoms with van der Waals surface area (Å²) in [5.74, 6) is 0.627. The smallest absolute Gasteiger partial charge is 0.213 e. The monoisotopic (exact) mass is 180 g/mol. The van der Waals surface area contributed by atoms with Crippen molar-refractivity contribution in [3.63, 3.8) is 0 Å². The van der Waals surface area contributed by atoms with Crippen molar-refractivity contribution in [3.05, 3.63) is 24.4 Å². The zero-order valence-corrected chi connectivity index (χ0v) is 7.45. The zero-order valence-electron chi connectivity index (χ0n) is 6.56. The molecule has 0 amide bonds. The van der Waals surface area contributed by atoms with Gasteiger partial charge in [-0.25, -0.2) is 4.98 Å². The highest BCUT2D eigenvalue weighted by Crippen LogP contribution is 2.17. The van der Waals surface area contributed by atoms with Crippen LogP contribution in [0.4, 0.5) is 0 Å². The van der Waals surface area contributed by atoms with E-state index >= 15 is 0 Å². The highest BCUT2D eigenvalue weighted by Gasteiger charge is 2.00. The lowest BCUT2D eigenvalue weighted by Gasteiger charge is -1.98. The minimum Gasteiger partial charge on any atom is -0.481 e. The maximum absolute atomic E-state index is 4.99. The lowest BCUT2D eigenvalue weighted by molar-refractivity contribution is 0.399. The Kier molecular flexibility index (Phi) is 1.69. The summed E-state index contributed by atoms with van der Waals surface area (Å²) < 4.78 is 6.71. The van der Waals surface area contributed by atoms with Gasteiger partial charge in [-0.3, -0.25) is 3.97 Å². The largest absolute Gasteiger partial charge is 0.481 e. The van der Waals surface area contributed by atoms with E-state index in [2.05, 4.69) is 17.8 Å². The van der Waals surface area contributed by atoms with Crippen molar-refractivity contribution < 1.29 is 4.74 Å². The molecule has 0 fully saturated rings. The Bertz CT molecular complexity index is 410. The first-order chi connectivity index (χ1) is 5.81. The molecule has 0 radical (unpaired) electrons. The minimum atomic E-state index is 0.627. The molecule has 3 nitrogen and oxygen atoms in total. The van der Waals surface area contributed by atoms with Crippen molar-refractivity contribution in [2.75, 3.05) is 7.11 Å². The summed E-state index contributed by atoms with van der Waals surface area (Å²) in [6.07, 6.45) is 1.85. The van der Waals surface area contributed by atoms with Crippen molar-refractivity contribution in [2.24, 2.45) is 0 Å². The van der Waals surface area contributed by atoms with Gasteiger partial charge in [0.1, 0.15) is 0 Å². The molecule has 4 heteroatoms. The third-order valence-corrected chi connectivity index (χ3v) is 2.06. The molecule has 0 N–H and O–H groups in total. The molecule has 0 atom stereocenters. The summed E-state index contributed by atoms with van der Waals surface area (Å²) in [7, 11) is 1.60. The van der Waals surface area contributed by atoms with E-state index in [9.17, 15) is 0 Å². The molecule has 2 heterocycles. The van der Waals surface area contributed by atoms with Crippen LogP contribution in [-0.2, 0) is 0 Å². The number of hydrogen-bond donors (Lipinski definition) is 1. The molecular formula is C8H8N2OS. The molecule has 0 aliphatic carbocycles. The topological polar surface area (TPSA) is 27.1 Å². The first-order valence-corrected chi connectivity index (χ1v) is 3.92. The van der Waals surface area contributed by atoms with Gasteiger partial charge < -0.3 is 4.74 Å². The van der Waals surface area contributed by atoms with Gasteiger partial charge >= 0.3 is 0 Å². The summed E-state index contributed by atoms with van der Waals surface area (Å²) in [5.41, 5.74) is 1.88. The second kappa shape index (κ2) is 2.71. The first-order valence-electron chi connectivity index (χ1n) is 3.52. The molecule has 0 aromatic carbocycles. The van der Waals surface area contributed by atoms with E-state index in [-0.39, 0.29) is 0 Å². The van der Waals surface area contributed by atoms with E-state index in [0.717, 1.165) is 11.0 Å². The Labute approximate surface area is 75.5 Å². The van der Waals surface area contributed by atoms with Crippen LogP contribution in [0.2, 0.25) is 0 Å². The lowest BCUT2D eigenvalue weighted by atomic mass is 10.4. The number of pyridine rings is 1. The fraction of sp³-hybridized carbons (Fsp3) is 0.125. The Hall–Kier alpha value is -1.16. The molecule has 0 saturated heterocycles. The molecule has 0 spiro atoms. The summed E-state index contributed by atoms with van der Waals surface area (Å²) in [6.45, 7) is 0. The Morgan fingerprint density at radius 1 is 1.42 bits per heavy atom. The molecule has 62 valence electrons. The highest BCUT2D eigenvalue weighted by atomic mass is 32.1. The van der Waals surface area contributed by atoms with Gasteiger partial charge in [0.2, 0.25) is 5.88 Å². The van der Waals surface area contributed by atoms with Crippen molar-refractivity contribution in [1.29, 1.82) is 0 Å². The zero-order chi connectivity index (χ0) is 8.55. The molecular weight excluding hydrogens is 172 g/mol. The standard InChI is InChI=1S/C8H8N2OS/c1-11-8-3-2-7-6(9-8)4-5-10(7)12/h2-5,12H,1H3. The van der Waals surface area contributed by atoms with E-state index in [1.807, 2.05) is 24.4 Å². The SMILES string of the molecule is COc1ccc2c(ccn2S)n1. The summed E-state index contributed by atoms with van der Waals surface area (Å²) in [4.78, 5) is 4.22. The molecule has 0 aliphatic rings. The van der Waals surface area contributed by atoms with E-state index < -0.39 is 0 Å². The summed E-state index contributed by atoms with van der Waals surface area (Å²) in [6, 6.07) is 5.63. The maximum atomic E-state index is 4.99. The number of methoxy groups -OCH3 is 1. The Morgan fingerprint density at radius 3 is 3.00 bits per heavy atom. The third-order valence-electron chi connectivity index (χ3n) is 1.71. The van der Waals surface area contributed by atoms with Crippen LogP contribution in [0.3, 0.4) is 0 Å². The van der Waals surface area contributed by atoms with Crippen LogP contribution in [0.1, 0.15) is 0 Å². The fourth-order valence-electron chi connectivity index (χ4n) is 1.10. The van der Waals surface area contributed by atoms with Crippen LogP contribution < -0.4 is 4.74 Å². The van der Waals surface area contributed by atoms with Crippen LogP contribution in [0.25, 0.3) is 11.0 Å². The summed E-state index contributed by atoms with van der Waals surface area (Å²) >= 11 is 4.20. The number of rotatable bonds is 1. The summed E-state index contributed by atoms with van der Waals surface area (Å²) in [5, 5.41) is 0. The van der Waals surface area contributed by atoms with Crippen molar-refractivity contribution in [3.8, 4) is 5.88 Å². The van der Waals surface area contributed by atoms with Crippen LogP contribution in [0.15, 0.2) is 24.4 Å². The van der Waals surface area contributed by atoms with Crippen LogP contribution >= 0.6 is 12.8 Å². The lowest BCUT2D eigenvalue weighted by Crippen LogP contribution is -1.86. The van der Waals surface area contributed by atoms with E-state index in [1.165, 1.54) is 0 Å². The minimum absolute atomic E-state index is 0.627. The van der Waals surface area contributed by atoms with Gasteiger partial charge in [0.15, 0.2) is 0 Å². The number of thiol groups is 1. The molecule has 2 aromatic rings. The highest BCUT2D eigenvalue weighted by molar-refractivity contribution is 7.78. The van der Waals surface area contributed by atoms with Gasteiger partial charge in [-0.1, -0.05) is 12.8 Å². The molecule has 0 saturated carbocycles. The molecule has 2 rings (SSSR count). The molecule has 2 aromatic heterocycles. The maximum Gasteiger partial charge on any atom is 0.213 e. The number of hydrogen-bond acceptors (Lipinski definition) is 3. The van der Waals surface area contributed by atoms with Crippen LogP contribution in [0.5, 0.6) is 5.88 Å². The third kappa shape index (κ3) is 1.04. The van der Waals surface area contributed by atoms with Crippen LogP contribution in [0, 0.1) is 0 Å². The molecule has 0 unspecified atom stereocenters. The second-order valence-electron chi connectivity index (χ2n) is 2.42. The normalized spacial score (nSPS) is 10.5.